The first-order valence-electron chi connectivity index (χ1n) is 7.62. The van der Waals surface area contributed by atoms with Crippen molar-refractivity contribution in [2.24, 2.45) is 5.92 Å². The summed E-state index contributed by atoms with van der Waals surface area (Å²) in [5.74, 6) is 0.0690. The highest BCUT2D eigenvalue weighted by Crippen LogP contribution is 2.14. The average molecular weight is 252 g/mol. The topological polar surface area (TPSA) is 26.3 Å². The van der Waals surface area contributed by atoms with E-state index in [2.05, 4.69) is 12.2 Å². The summed E-state index contributed by atoms with van der Waals surface area (Å²) in [5.41, 5.74) is 0. The van der Waals surface area contributed by atoms with Gasteiger partial charge in [0.05, 0.1) is 12.5 Å². The number of hydrogen-bond donors (Lipinski definition) is 0. The Morgan fingerprint density at radius 1 is 0.944 bits per heavy atom. The number of cyclic esters (lactones) is 1. The fourth-order valence-corrected chi connectivity index (χ4v) is 2.29. The fraction of sp³-hybridized carbons (Fsp3) is 0.812. The van der Waals surface area contributed by atoms with Gasteiger partial charge in [-0.05, 0) is 32.1 Å². The second kappa shape index (κ2) is 10.2. The molecular weight excluding hydrogens is 224 g/mol. The predicted octanol–water partition coefficient (Wildman–Crippen LogP) is 4.64. The molecule has 1 heterocycles. The van der Waals surface area contributed by atoms with Gasteiger partial charge in [-0.1, -0.05) is 51.2 Å². The van der Waals surface area contributed by atoms with Crippen LogP contribution in [0.5, 0.6) is 0 Å². The van der Waals surface area contributed by atoms with Crippen molar-refractivity contribution >= 4 is 5.97 Å². The van der Waals surface area contributed by atoms with E-state index in [0.29, 0.717) is 6.61 Å². The van der Waals surface area contributed by atoms with Crippen LogP contribution in [0.15, 0.2) is 12.2 Å². The van der Waals surface area contributed by atoms with Crippen LogP contribution in [0.25, 0.3) is 0 Å². The molecule has 104 valence electrons. The summed E-state index contributed by atoms with van der Waals surface area (Å²) >= 11 is 0. The monoisotopic (exact) mass is 252 g/mol. The molecule has 0 amide bonds. The van der Waals surface area contributed by atoms with Crippen LogP contribution in [0.2, 0.25) is 0 Å². The van der Waals surface area contributed by atoms with Crippen molar-refractivity contribution in [3.05, 3.63) is 12.2 Å². The molecule has 0 N–H and O–H groups in total. The molecule has 1 rings (SSSR count). The summed E-state index contributed by atoms with van der Waals surface area (Å²) in [7, 11) is 0. The van der Waals surface area contributed by atoms with Crippen LogP contribution in [-0.4, -0.2) is 12.6 Å². The first-order valence-corrected chi connectivity index (χ1v) is 7.62. The van der Waals surface area contributed by atoms with Crippen LogP contribution >= 0.6 is 0 Å². The maximum Gasteiger partial charge on any atom is 0.308 e. The van der Waals surface area contributed by atoms with Gasteiger partial charge in [0.25, 0.3) is 0 Å². The van der Waals surface area contributed by atoms with Gasteiger partial charge in [0.1, 0.15) is 0 Å². The Labute approximate surface area is 112 Å². The minimum absolute atomic E-state index is 0.00827. The van der Waals surface area contributed by atoms with Gasteiger partial charge in [-0.15, -0.1) is 0 Å². The van der Waals surface area contributed by atoms with E-state index in [4.69, 9.17) is 4.74 Å². The number of esters is 1. The van der Waals surface area contributed by atoms with Gasteiger partial charge in [0.2, 0.25) is 0 Å². The van der Waals surface area contributed by atoms with E-state index in [1.165, 1.54) is 38.5 Å². The van der Waals surface area contributed by atoms with Crippen LogP contribution in [0, 0.1) is 5.92 Å². The second-order valence-electron chi connectivity index (χ2n) is 5.38. The maximum atomic E-state index is 11.7. The van der Waals surface area contributed by atoms with Gasteiger partial charge in [0, 0.05) is 0 Å². The molecule has 2 heteroatoms. The Kier molecular flexibility index (Phi) is 8.62. The summed E-state index contributed by atoms with van der Waals surface area (Å²) < 4.78 is 5.28. The molecule has 1 unspecified atom stereocenters. The maximum absolute atomic E-state index is 11.7. The van der Waals surface area contributed by atoms with E-state index in [1.807, 2.05) is 6.92 Å². The third-order valence-corrected chi connectivity index (χ3v) is 3.59. The van der Waals surface area contributed by atoms with Gasteiger partial charge >= 0.3 is 5.97 Å². The molecule has 0 bridgehead atoms. The number of ether oxygens (including phenoxy) is 1. The molecule has 0 saturated heterocycles. The third kappa shape index (κ3) is 7.52. The minimum atomic E-state index is -0.00827. The van der Waals surface area contributed by atoms with Gasteiger partial charge < -0.3 is 4.74 Å². The second-order valence-corrected chi connectivity index (χ2v) is 5.38. The van der Waals surface area contributed by atoms with E-state index in [9.17, 15) is 4.79 Å². The van der Waals surface area contributed by atoms with Crippen LogP contribution in [0.1, 0.15) is 71.1 Å². The average Bonchev–Trinajstić information content (AvgIpc) is 2.37. The zero-order chi connectivity index (χ0) is 13.1. The molecule has 18 heavy (non-hydrogen) atoms. The SMILES string of the molecule is CC1CCCCCCCCC=CCCCOC1=O. The summed E-state index contributed by atoms with van der Waals surface area (Å²) in [6.07, 6.45) is 16.4. The molecule has 0 aromatic rings. The fourth-order valence-electron chi connectivity index (χ4n) is 2.29. The zero-order valence-electron chi connectivity index (χ0n) is 11.8. The molecule has 0 aromatic carbocycles. The molecule has 0 radical (unpaired) electrons. The quantitative estimate of drug-likeness (QED) is 0.464. The first kappa shape index (κ1) is 15.3. The van der Waals surface area contributed by atoms with E-state index >= 15 is 0 Å². The van der Waals surface area contributed by atoms with Crippen molar-refractivity contribution in [3.63, 3.8) is 0 Å². The highest BCUT2D eigenvalue weighted by molar-refractivity contribution is 5.71. The molecule has 1 aliphatic heterocycles. The van der Waals surface area contributed by atoms with Gasteiger partial charge in [0.15, 0.2) is 0 Å². The Morgan fingerprint density at radius 2 is 1.56 bits per heavy atom. The number of carbonyl (C=O) groups excluding carboxylic acids is 1. The minimum Gasteiger partial charge on any atom is -0.465 e. The smallest absolute Gasteiger partial charge is 0.308 e. The van der Waals surface area contributed by atoms with Crippen LogP contribution in [-0.2, 0) is 9.53 Å². The van der Waals surface area contributed by atoms with E-state index in [-0.39, 0.29) is 11.9 Å². The van der Waals surface area contributed by atoms with E-state index in [1.54, 1.807) is 0 Å². The largest absolute Gasteiger partial charge is 0.465 e. The van der Waals surface area contributed by atoms with E-state index < -0.39 is 0 Å². The Morgan fingerprint density at radius 3 is 2.33 bits per heavy atom. The van der Waals surface area contributed by atoms with Crippen LogP contribution in [0.3, 0.4) is 0 Å². The number of rotatable bonds is 0. The normalized spacial score (nSPS) is 25.6. The molecule has 0 fully saturated rings. The van der Waals surface area contributed by atoms with Gasteiger partial charge in [-0.25, -0.2) is 0 Å². The van der Waals surface area contributed by atoms with Crippen LogP contribution < -0.4 is 0 Å². The standard InChI is InChI=1S/C16H28O2/c1-15-13-11-9-7-5-3-2-4-6-8-10-12-14-18-16(15)17/h6,8,15H,2-5,7,9-14H2,1H3. The van der Waals surface area contributed by atoms with Crippen molar-refractivity contribution < 1.29 is 9.53 Å². The summed E-state index contributed by atoms with van der Waals surface area (Å²) in [5, 5.41) is 0. The molecule has 0 saturated carbocycles. The lowest BCUT2D eigenvalue weighted by Gasteiger charge is -2.11. The summed E-state index contributed by atoms with van der Waals surface area (Å²) in [6.45, 7) is 2.57. The lowest BCUT2D eigenvalue weighted by atomic mass is 10.0. The Bertz CT molecular complexity index is 245. The zero-order valence-corrected chi connectivity index (χ0v) is 11.8. The van der Waals surface area contributed by atoms with Crippen molar-refractivity contribution in [2.45, 2.75) is 71.1 Å². The molecule has 2 nitrogen and oxygen atoms in total. The molecular formula is C16H28O2. The number of allylic oxidation sites excluding steroid dienone is 2. The Balaban J connectivity index is 2.28. The number of hydrogen-bond acceptors (Lipinski definition) is 2. The molecule has 0 spiro atoms. The highest BCUT2D eigenvalue weighted by atomic mass is 16.5. The highest BCUT2D eigenvalue weighted by Gasteiger charge is 2.13. The third-order valence-electron chi connectivity index (χ3n) is 3.59. The lowest BCUT2D eigenvalue weighted by molar-refractivity contribution is -0.148. The lowest BCUT2D eigenvalue weighted by Crippen LogP contribution is -2.15. The van der Waals surface area contributed by atoms with Crippen molar-refractivity contribution in [1.29, 1.82) is 0 Å². The first-order chi connectivity index (χ1) is 8.80. The van der Waals surface area contributed by atoms with E-state index in [0.717, 1.165) is 25.7 Å². The molecule has 0 aromatic heterocycles. The predicted molar refractivity (Wildman–Crippen MR) is 75.4 cm³/mol. The van der Waals surface area contributed by atoms with Gasteiger partial charge in [-0.2, -0.15) is 0 Å². The Hall–Kier alpha value is -0.790. The van der Waals surface area contributed by atoms with Gasteiger partial charge in [-0.3, -0.25) is 4.79 Å². The van der Waals surface area contributed by atoms with Crippen LogP contribution in [0.4, 0.5) is 0 Å². The van der Waals surface area contributed by atoms with Crippen molar-refractivity contribution in [3.8, 4) is 0 Å². The summed E-state index contributed by atoms with van der Waals surface area (Å²) in [6, 6.07) is 0. The number of carbonyl (C=O) groups is 1. The van der Waals surface area contributed by atoms with Crippen molar-refractivity contribution in [2.75, 3.05) is 6.61 Å². The molecule has 1 aliphatic rings. The molecule has 0 aliphatic carbocycles. The molecule has 1 atom stereocenters. The summed E-state index contributed by atoms with van der Waals surface area (Å²) in [4.78, 5) is 11.7. The van der Waals surface area contributed by atoms with Crippen molar-refractivity contribution in [1.82, 2.24) is 0 Å².